The number of benzene rings is 2. The van der Waals surface area contributed by atoms with E-state index < -0.39 is 0 Å². The lowest BCUT2D eigenvalue weighted by atomic mass is 10.1. The van der Waals surface area contributed by atoms with E-state index in [1.54, 1.807) is 18.4 Å². The largest absolute Gasteiger partial charge is 0.491 e. The van der Waals surface area contributed by atoms with Gasteiger partial charge in [0.2, 0.25) is 10.8 Å². The molecule has 6 rings (SSSR count). The van der Waals surface area contributed by atoms with Crippen LogP contribution in [0.1, 0.15) is 19.4 Å². The molecule has 0 spiro atoms. The van der Waals surface area contributed by atoms with Crippen molar-refractivity contribution in [3.8, 4) is 34.3 Å². The molecule has 0 unspecified atom stereocenters. The number of thiazole rings is 1. The Morgan fingerprint density at radius 1 is 1.00 bits per heavy atom. The molecular weight excluding hydrogens is 474 g/mol. The third-order valence-corrected chi connectivity index (χ3v) is 6.43. The van der Waals surface area contributed by atoms with Gasteiger partial charge in [0.1, 0.15) is 11.4 Å². The maximum absolute atomic E-state index is 13.2. The van der Waals surface area contributed by atoms with Gasteiger partial charge in [0, 0.05) is 17.3 Å². The molecule has 178 valence electrons. The second kappa shape index (κ2) is 8.94. The summed E-state index contributed by atoms with van der Waals surface area (Å²) in [5.74, 6) is 1.70. The van der Waals surface area contributed by atoms with Crippen LogP contribution in [0.4, 0.5) is 0 Å². The second-order valence-corrected chi connectivity index (χ2v) is 9.44. The number of para-hydroxylation sites is 1. The van der Waals surface area contributed by atoms with Crippen molar-refractivity contribution < 1.29 is 9.15 Å². The first-order valence-corrected chi connectivity index (χ1v) is 12.2. The highest BCUT2D eigenvalue weighted by molar-refractivity contribution is 7.15. The van der Waals surface area contributed by atoms with E-state index in [0.717, 1.165) is 28.3 Å². The van der Waals surface area contributed by atoms with E-state index in [1.807, 2.05) is 85.4 Å². The van der Waals surface area contributed by atoms with E-state index in [2.05, 4.69) is 10.1 Å². The number of nitrogens with zero attached hydrogens (tertiary/aromatic N) is 5. The normalized spacial score (nSPS) is 12.1. The average molecular weight is 496 g/mol. The van der Waals surface area contributed by atoms with E-state index in [9.17, 15) is 4.79 Å². The molecule has 4 aromatic heterocycles. The molecule has 0 amide bonds. The zero-order valence-corrected chi connectivity index (χ0v) is 20.3. The van der Waals surface area contributed by atoms with E-state index in [1.165, 1.54) is 15.9 Å². The number of furan rings is 1. The third-order valence-electron chi connectivity index (χ3n) is 5.47. The van der Waals surface area contributed by atoms with Crippen LogP contribution in [-0.2, 0) is 0 Å². The first-order chi connectivity index (χ1) is 17.5. The predicted molar refractivity (Wildman–Crippen MR) is 138 cm³/mol. The summed E-state index contributed by atoms with van der Waals surface area (Å²) in [6.45, 7) is 3.99. The van der Waals surface area contributed by atoms with Gasteiger partial charge in [-0.15, -0.1) is 5.10 Å². The Hall–Kier alpha value is -4.50. The molecule has 8 nitrogen and oxygen atoms in total. The summed E-state index contributed by atoms with van der Waals surface area (Å²) in [6.07, 6.45) is 5.41. The Morgan fingerprint density at radius 2 is 1.81 bits per heavy atom. The minimum atomic E-state index is -0.237. The Kier molecular flexibility index (Phi) is 5.46. The van der Waals surface area contributed by atoms with Crippen molar-refractivity contribution in [3.05, 3.63) is 99.6 Å². The Balaban J connectivity index is 1.46. The van der Waals surface area contributed by atoms with Gasteiger partial charge in [-0.1, -0.05) is 29.5 Å². The number of ether oxygens (including phenoxy) is 1. The minimum Gasteiger partial charge on any atom is -0.491 e. The van der Waals surface area contributed by atoms with Crippen LogP contribution in [0.25, 0.3) is 39.6 Å². The molecule has 9 heteroatoms. The number of fused-ring (bicyclic) bond motifs is 1. The standard InChI is InChI=1S/C27H21N5O3S/c1-17(2)35-21-12-10-18(11-13-21)24-19(16-31(29-24)20-7-4-3-5-8-20)15-23-26(33)32-27(36-23)28-25(30-32)22-9-6-14-34-22/h3-17H,1-2H3. The van der Waals surface area contributed by atoms with Gasteiger partial charge in [-0.25, -0.2) is 4.68 Å². The molecule has 0 aliphatic carbocycles. The van der Waals surface area contributed by atoms with Gasteiger partial charge in [-0.2, -0.15) is 14.6 Å². The SMILES string of the molecule is CC(C)Oc1ccc(-c2nn(-c3ccccc3)cc2C=c2sc3nc(-c4ccco4)nn3c2=O)cc1. The van der Waals surface area contributed by atoms with Gasteiger partial charge in [-0.3, -0.25) is 4.79 Å². The molecule has 0 N–H and O–H groups in total. The second-order valence-electron chi connectivity index (χ2n) is 8.43. The van der Waals surface area contributed by atoms with Crippen molar-refractivity contribution in [2.45, 2.75) is 20.0 Å². The van der Waals surface area contributed by atoms with E-state index in [0.29, 0.717) is 21.1 Å². The lowest BCUT2D eigenvalue weighted by molar-refractivity contribution is 0.242. The number of hydrogen-bond acceptors (Lipinski definition) is 7. The van der Waals surface area contributed by atoms with E-state index in [-0.39, 0.29) is 11.7 Å². The summed E-state index contributed by atoms with van der Waals surface area (Å²) in [5, 5.41) is 9.19. The quantitative estimate of drug-likeness (QED) is 0.336. The molecule has 0 aliphatic rings. The lowest BCUT2D eigenvalue weighted by Gasteiger charge is -2.09. The first kappa shape index (κ1) is 22.0. The van der Waals surface area contributed by atoms with Crippen molar-refractivity contribution in [2.75, 3.05) is 0 Å². The fraction of sp³-hybridized carbons (Fsp3) is 0.111. The molecule has 0 radical (unpaired) electrons. The summed E-state index contributed by atoms with van der Waals surface area (Å²) in [4.78, 5) is 18.1. The molecule has 0 saturated heterocycles. The van der Waals surface area contributed by atoms with Gasteiger partial charge in [0.05, 0.1) is 22.6 Å². The van der Waals surface area contributed by atoms with Crippen LogP contribution >= 0.6 is 11.3 Å². The molecule has 0 bridgehead atoms. The highest BCUT2D eigenvalue weighted by Gasteiger charge is 2.16. The highest BCUT2D eigenvalue weighted by Crippen LogP contribution is 2.27. The van der Waals surface area contributed by atoms with Crippen LogP contribution in [0.2, 0.25) is 0 Å². The first-order valence-electron chi connectivity index (χ1n) is 11.4. The Morgan fingerprint density at radius 3 is 2.50 bits per heavy atom. The van der Waals surface area contributed by atoms with Gasteiger partial charge >= 0.3 is 0 Å². The number of aromatic nitrogens is 5. The summed E-state index contributed by atoms with van der Waals surface area (Å²) < 4.78 is 14.8. The molecular formula is C27H21N5O3S. The predicted octanol–water partition coefficient (Wildman–Crippen LogP) is 4.60. The molecule has 2 aromatic carbocycles. The van der Waals surface area contributed by atoms with Gasteiger partial charge < -0.3 is 9.15 Å². The Labute approximate surface area is 209 Å². The van der Waals surface area contributed by atoms with Crippen LogP contribution in [0.15, 0.2) is 88.4 Å². The summed E-state index contributed by atoms with van der Waals surface area (Å²) >= 11 is 1.28. The molecule has 0 saturated carbocycles. The maximum atomic E-state index is 13.2. The van der Waals surface area contributed by atoms with E-state index in [4.69, 9.17) is 14.3 Å². The molecule has 0 aliphatic heterocycles. The highest BCUT2D eigenvalue weighted by atomic mass is 32.1. The fourth-order valence-corrected chi connectivity index (χ4v) is 4.78. The molecule has 6 aromatic rings. The third kappa shape index (κ3) is 4.09. The van der Waals surface area contributed by atoms with Crippen LogP contribution < -0.4 is 14.8 Å². The maximum Gasteiger partial charge on any atom is 0.291 e. The summed E-state index contributed by atoms with van der Waals surface area (Å²) in [6, 6.07) is 21.2. The zero-order valence-electron chi connectivity index (χ0n) is 19.5. The smallest absolute Gasteiger partial charge is 0.291 e. The van der Waals surface area contributed by atoms with Gasteiger partial charge in [-0.05, 0) is 68.5 Å². The lowest BCUT2D eigenvalue weighted by Crippen LogP contribution is -2.23. The monoisotopic (exact) mass is 495 g/mol. The van der Waals surface area contributed by atoms with E-state index >= 15 is 0 Å². The molecule has 0 fully saturated rings. The summed E-state index contributed by atoms with van der Waals surface area (Å²) in [7, 11) is 0. The minimum absolute atomic E-state index is 0.0900. The molecule has 0 atom stereocenters. The fourth-order valence-electron chi connectivity index (χ4n) is 3.88. The van der Waals surface area contributed by atoms with Gasteiger partial charge in [0.15, 0.2) is 5.76 Å². The average Bonchev–Trinajstić information content (AvgIpc) is 3.67. The number of hydrogen-bond donors (Lipinski definition) is 0. The topological polar surface area (TPSA) is 87.4 Å². The molecule has 4 heterocycles. The zero-order chi connectivity index (χ0) is 24.6. The van der Waals surface area contributed by atoms with Crippen molar-refractivity contribution in [1.29, 1.82) is 0 Å². The Bertz CT molecular complexity index is 1750. The van der Waals surface area contributed by atoms with Crippen molar-refractivity contribution >= 4 is 22.4 Å². The van der Waals surface area contributed by atoms with Crippen LogP contribution in [0, 0.1) is 0 Å². The summed E-state index contributed by atoms with van der Waals surface area (Å²) in [5.41, 5.74) is 3.17. The number of rotatable bonds is 6. The molecule has 36 heavy (non-hydrogen) atoms. The van der Waals surface area contributed by atoms with Gasteiger partial charge in [0.25, 0.3) is 5.56 Å². The van der Waals surface area contributed by atoms with Crippen LogP contribution in [-0.4, -0.2) is 30.5 Å². The van der Waals surface area contributed by atoms with Crippen molar-refractivity contribution in [1.82, 2.24) is 24.4 Å². The van der Waals surface area contributed by atoms with Crippen molar-refractivity contribution in [2.24, 2.45) is 0 Å². The van der Waals surface area contributed by atoms with Crippen LogP contribution in [0.5, 0.6) is 5.75 Å². The van der Waals surface area contributed by atoms with Crippen molar-refractivity contribution in [3.63, 3.8) is 0 Å². The van der Waals surface area contributed by atoms with Crippen LogP contribution in [0.3, 0.4) is 0 Å².